The summed E-state index contributed by atoms with van der Waals surface area (Å²) in [7, 11) is 1.45. The largest absolute Gasteiger partial charge is 0.472 e. The fourth-order valence-corrected chi connectivity index (χ4v) is 6.33. The quantitative estimate of drug-likeness (QED) is 0.0215. The zero-order valence-corrected chi connectivity index (χ0v) is 37.2. The van der Waals surface area contributed by atoms with Crippen LogP contribution in [0.1, 0.15) is 168 Å². The number of hydrogen-bond donors (Lipinski definition) is 1. The number of carbonyl (C=O) groups excluding carboxylic acids is 2. The van der Waals surface area contributed by atoms with Gasteiger partial charge in [-0.25, -0.2) is 4.57 Å². The van der Waals surface area contributed by atoms with Crippen LogP contribution in [0.15, 0.2) is 60.8 Å². The molecule has 0 saturated heterocycles. The van der Waals surface area contributed by atoms with E-state index in [0.29, 0.717) is 17.4 Å². The van der Waals surface area contributed by atoms with Gasteiger partial charge in [0.2, 0.25) is 0 Å². The minimum Gasteiger partial charge on any atom is -0.462 e. The molecular formula is C46H83NO8P+. The van der Waals surface area contributed by atoms with Crippen LogP contribution >= 0.6 is 7.82 Å². The van der Waals surface area contributed by atoms with E-state index in [2.05, 4.69) is 74.6 Å². The van der Waals surface area contributed by atoms with Gasteiger partial charge in [0, 0.05) is 12.8 Å². The molecule has 0 radical (unpaired) electrons. The summed E-state index contributed by atoms with van der Waals surface area (Å²) in [5.41, 5.74) is 0. The van der Waals surface area contributed by atoms with Crippen molar-refractivity contribution in [2.45, 2.75) is 174 Å². The first-order valence-electron chi connectivity index (χ1n) is 22.0. The molecule has 0 bridgehead atoms. The lowest BCUT2D eigenvalue weighted by Gasteiger charge is -2.24. The van der Waals surface area contributed by atoms with Crippen LogP contribution in [0.5, 0.6) is 0 Å². The Bertz CT molecular complexity index is 1140. The molecule has 0 aromatic rings. The highest BCUT2D eigenvalue weighted by molar-refractivity contribution is 7.47. The molecule has 1 unspecified atom stereocenters. The second-order valence-electron chi connectivity index (χ2n) is 15.7. The van der Waals surface area contributed by atoms with Crippen LogP contribution in [0.2, 0.25) is 0 Å². The number of allylic oxidation sites excluding steroid dienone is 10. The van der Waals surface area contributed by atoms with E-state index in [4.69, 9.17) is 18.5 Å². The van der Waals surface area contributed by atoms with Crippen molar-refractivity contribution < 1.29 is 42.1 Å². The molecule has 1 N–H and O–H groups in total. The molecule has 0 aliphatic heterocycles. The molecule has 0 spiro atoms. The molecule has 56 heavy (non-hydrogen) atoms. The molecule has 0 aliphatic rings. The van der Waals surface area contributed by atoms with Crippen molar-refractivity contribution >= 4 is 19.8 Å². The third kappa shape index (κ3) is 41.3. The van der Waals surface area contributed by atoms with Gasteiger partial charge in [-0.2, -0.15) is 0 Å². The van der Waals surface area contributed by atoms with E-state index < -0.39 is 26.5 Å². The Morgan fingerprint density at radius 2 is 1.02 bits per heavy atom. The number of esters is 2. The van der Waals surface area contributed by atoms with Crippen molar-refractivity contribution in [3.8, 4) is 0 Å². The van der Waals surface area contributed by atoms with E-state index in [1.807, 2.05) is 21.1 Å². The van der Waals surface area contributed by atoms with Crippen LogP contribution < -0.4 is 0 Å². The van der Waals surface area contributed by atoms with E-state index in [0.717, 1.165) is 83.5 Å². The third-order valence-corrected chi connectivity index (χ3v) is 10.0. The fraction of sp³-hybridized carbons (Fsp3) is 0.739. The van der Waals surface area contributed by atoms with E-state index in [9.17, 15) is 19.0 Å². The fourth-order valence-electron chi connectivity index (χ4n) is 5.59. The molecule has 9 nitrogen and oxygen atoms in total. The highest BCUT2D eigenvalue weighted by Gasteiger charge is 2.27. The highest BCUT2D eigenvalue weighted by Crippen LogP contribution is 2.43. The number of quaternary nitrogens is 1. The predicted octanol–water partition coefficient (Wildman–Crippen LogP) is 12.5. The maximum atomic E-state index is 12.7. The molecule has 0 fully saturated rings. The molecule has 10 heteroatoms. The lowest BCUT2D eigenvalue weighted by molar-refractivity contribution is -0.870. The molecule has 324 valence electrons. The minimum atomic E-state index is -4.38. The smallest absolute Gasteiger partial charge is 0.462 e. The van der Waals surface area contributed by atoms with Gasteiger partial charge in [-0.05, 0) is 77.0 Å². The summed E-state index contributed by atoms with van der Waals surface area (Å²) < 4.78 is 34.3. The van der Waals surface area contributed by atoms with Crippen LogP contribution in [0, 0.1) is 0 Å². The van der Waals surface area contributed by atoms with Crippen molar-refractivity contribution in [1.29, 1.82) is 0 Å². The number of rotatable bonds is 39. The topological polar surface area (TPSA) is 108 Å². The number of nitrogens with zero attached hydrogens (tertiary/aromatic N) is 1. The number of carbonyl (C=O) groups is 2. The van der Waals surface area contributed by atoms with Gasteiger partial charge in [0.15, 0.2) is 6.10 Å². The molecule has 0 aromatic carbocycles. The molecule has 0 saturated carbocycles. The van der Waals surface area contributed by atoms with Crippen LogP contribution in [-0.4, -0.2) is 74.9 Å². The average molecular weight is 809 g/mol. The maximum Gasteiger partial charge on any atom is 0.472 e. The summed E-state index contributed by atoms with van der Waals surface area (Å²) in [6.45, 7) is 4.25. The van der Waals surface area contributed by atoms with Crippen molar-refractivity contribution in [2.24, 2.45) is 0 Å². The first-order valence-corrected chi connectivity index (χ1v) is 23.5. The number of phosphoric ester groups is 1. The Labute approximate surface area is 343 Å². The molecule has 0 heterocycles. The highest BCUT2D eigenvalue weighted by atomic mass is 31.2. The Balaban J connectivity index is 4.42. The Morgan fingerprint density at radius 3 is 1.54 bits per heavy atom. The third-order valence-electron chi connectivity index (χ3n) is 9.03. The van der Waals surface area contributed by atoms with Gasteiger partial charge in [0.25, 0.3) is 0 Å². The number of likely N-dealkylation sites (N-methyl/N-ethyl adjacent to an activating group) is 1. The molecule has 2 atom stereocenters. The standard InChI is InChI=1S/C46H82NO8P/c1-6-8-10-12-14-16-18-20-22-23-25-27-29-31-33-35-37-39-46(49)55-44(43-54-56(50,51)53-41-40-47(3,4)5)42-52-45(48)38-36-34-32-30-28-26-24-21-19-17-15-13-11-9-7-2/h8,10,14,16-17,19-20,22,25,27,44H,6-7,9,11-13,15,18,21,23-24,26,28-43H2,1-5H3/p+1/b10-8-,16-14-,19-17-,22-20-,27-25-/t44-/m1/s1. The van der Waals surface area contributed by atoms with E-state index in [1.54, 1.807) is 0 Å². The first-order chi connectivity index (χ1) is 27.0. The molecule has 0 amide bonds. The van der Waals surface area contributed by atoms with Gasteiger partial charge in [-0.15, -0.1) is 0 Å². The summed E-state index contributed by atoms with van der Waals surface area (Å²) in [6.07, 6.45) is 45.5. The molecule has 0 aromatic heterocycles. The summed E-state index contributed by atoms with van der Waals surface area (Å²) in [6, 6.07) is 0. The summed E-state index contributed by atoms with van der Waals surface area (Å²) >= 11 is 0. The van der Waals surface area contributed by atoms with Crippen LogP contribution in [-0.2, 0) is 32.7 Å². The van der Waals surface area contributed by atoms with E-state index in [-0.39, 0.29) is 32.0 Å². The molecular weight excluding hydrogens is 725 g/mol. The van der Waals surface area contributed by atoms with Gasteiger partial charge in [-0.1, -0.05) is 139 Å². The number of ether oxygens (including phenoxy) is 2. The number of hydrogen-bond acceptors (Lipinski definition) is 7. The Morgan fingerprint density at radius 1 is 0.571 bits per heavy atom. The van der Waals surface area contributed by atoms with E-state index >= 15 is 0 Å². The summed E-state index contributed by atoms with van der Waals surface area (Å²) in [5, 5.41) is 0. The van der Waals surface area contributed by atoms with Gasteiger partial charge in [0.05, 0.1) is 27.7 Å². The second kappa shape index (κ2) is 38.2. The van der Waals surface area contributed by atoms with E-state index in [1.165, 1.54) is 51.4 Å². The lowest BCUT2D eigenvalue weighted by Crippen LogP contribution is -2.37. The van der Waals surface area contributed by atoms with Gasteiger partial charge in [0.1, 0.15) is 19.8 Å². The van der Waals surface area contributed by atoms with Crippen LogP contribution in [0.25, 0.3) is 0 Å². The van der Waals surface area contributed by atoms with Gasteiger partial charge < -0.3 is 18.9 Å². The maximum absolute atomic E-state index is 12.7. The van der Waals surface area contributed by atoms with Crippen molar-refractivity contribution in [1.82, 2.24) is 0 Å². The van der Waals surface area contributed by atoms with Crippen molar-refractivity contribution in [3.05, 3.63) is 60.8 Å². The first kappa shape index (κ1) is 53.7. The van der Waals surface area contributed by atoms with Crippen molar-refractivity contribution in [3.63, 3.8) is 0 Å². The molecule has 0 rings (SSSR count). The molecule has 0 aliphatic carbocycles. The Kier molecular flexibility index (Phi) is 36.7. The zero-order chi connectivity index (χ0) is 41.4. The second-order valence-corrected chi connectivity index (χ2v) is 17.1. The van der Waals surface area contributed by atoms with Crippen LogP contribution in [0.3, 0.4) is 0 Å². The lowest BCUT2D eigenvalue weighted by atomic mass is 10.1. The Hall–Kier alpha value is -2.29. The van der Waals surface area contributed by atoms with Crippen molar-refractivity contribution in [2.75, 3.05) is 47.5 Å². The summed E-state index contributed by atoms with van der Waals surface area (Å²) in [5.74, 6) is -0.835. The summed E-state index contributed by atoms with van der Waals surface area (Å²) in [4.78, 5) is 35.4. The van der Waals surface area contributed by atoms with Crippen LogP contribution in [0.4, 0.5) is 0 Å². The SMILES string of the molecule is CC/C=C\C/C=C\C/C=C\C/C=C\CCCCCCC(=O)O[C@H](COC(=O)CCCCCCCCC/C=C\CCCCCC)COP(=O)(O)OCC[N+](C)(C)C. The van der Waals surface area contributed by atoms with Gasteiger partial charge >= 0.3 is 19.8 Å². The zero-order valence-electron chi connectivity index (χ0n) is 36.3. The number of phosphoric acid groups is 1. The predicted molar refractivity (Wildman–Crippen MR) is 233 cm³/mol. The minimum absolute atomic E-state index is 0.0234. The number of unbranched alkanes of at least 4 members (excludes halogenated alkanes) is 15. The van der Waals surface area contributed by atoms with Gasteiger partial charge in [-0.3, -0.25) is 18.6 Å². The normalized spacial score (nSPS) is 14.2. The average Bonchev–Trinajstić information content (AvgIpc) is 3.15. The monoisotopic (exact) mass is 809 g/mol.